The first-order valence-electron chi connectivity index (χ1n) is 13.5. The molecule has 1 fully saturated rings. The maximum atomic E-state index is 13.6. The fourth-order valence-corrected chi connectivity index (χ4v) is 5.39. The number of carbonyl (C=O) groups excluding carboxylic acids is 1. The van der Waals surface area contributed by atoms with E-state index in [1.807, 2.05) is 24.3 Å². The minimum atomic E-state index is -0.239. The number of ether oxygens (including phenoxy) is 2. The molecule has 1 aliphatic rings. The number of carbonyl (C=O) groups is 1. The van der Waals surface area contributed by atoms with Crippen molar-refractivity contribution in [3.63, 3.8) is 0 Å². The van der Waals surface area contributed by atoms with Crippen molar-refractivity contribution in [3.8, 4) is 11.5 Å². The van der Waals surface area contributed by atoms with Crippen LogP contribution in [0.15, 0.2) is 66.7 Å². The number of halogens is 2. The van der Waals surface area contributed by atoms with E-state index in [1.165, 1.54) is 31.2 Å². The Morgan fingerprint density at radius 1 is 0.872 bits per heavy atom. The molecule has 0 spiro atoms. The minimum Gasteiger partial charge on any atom is -0.493 e. The minimum absolute atomic E-state index is 0. The molecule has 3 aromatic carbocycles. The molecule has 0 atom stereocenters. The normalized spacial score (nSPS) is 14.2. The lowest BCUT2D eigenvalue weighted by Gasteiger charge is -2.36. The molecule has 4 rings (SSSR count). The SMILES string of the molecule is COc1cc(C(C)=O)ccc1OCCCCCN1CCC(C(c2ccc(F)cc2)c2ccc(F)cc2)CC1.O. The molecule has 2 N–H and O–H groups in total. The molecule has 1 heterocycles. The Hall–Kier alpha value is -3.29. The van der Waals surface area contributed by atoms with E-state index in [-0.39, 0.29) is 28.8 Å². The predicted octanol–water partition coefficient (Wildman–Crippen LogP) is 6.44. The van der Waals surface area contributed by atoms with E-state index in [0.29, 0.717) is 29.6 Å². The van der Waals surface area contributed by atoms with Crippen molar-refractivity contribution < 1.29 is 28.5 Å². The van der Waals surface area contributed by atoms with Gasteiger partial charge in [-0.1, -0.05) is 24.3 Å². The summed E-state index contributed by atoms with van der Waals surface area (Å²) in [6, 6.07) is 18.8. The van der Waals surface area contributed by atoms with Gasteiger partial charge in [0.15, 0.2) is 17.3 Å². The monoisotopic (exact) mass is 539 g/mol. The maximum absolute atomic E-state index is 13.6. The molecule has 210 valence electrons. The van der Waals surface area contributed by atoms with E-state index in [9.17, 15) is 13.6 Å². The van der Waals surface area contributed by atoms with Crippen molar-refractivity contribution in [3.05, 3.63) is 95.1 Å². The van der Waals surface area contributed by atoms with Gasteiger partial charge in [-0.3, -0.25) is 4.79 Å². The first-order valence-corrected chi connectivity index (χ1v) is 13.5. The van der Waals surface area contributed by atoms with Gasteiger partial charge in [0.1, 0.15) is 11.6 Å². The van der Waals surface area contributed by atoms with E-state index < -0.39 is 0 Å². The van der Waals surface area contributed by atoms with Crippen LogP contribution in [0.3, 0.4) is 0 Å². The van der Waals surface area contributed by atoms with Crippen LogP contribution in [0.25, 0.3) is 0 Å². The lowest BCUT2D eigenvalue weighted by atomic mass is 9.76. The molecule has 0 aromatic heterocycles. The highest BCUT2D eigenvalue weighted by Crippen LogP contribution is 2.38. The van der Waals surface area contributed by atoms with Gasteiger partial charge in [-0.2, -0.15) is 0 Å². The Balaban J connectivity index is 0.00000420. The summed E-state index contributed by atoms with van der Waals surface area (Å²) in [4.78, 5) is 14.1. The molecule has 3 aromatic rings. The van der Waals surface area contributed by atoms with Gasteiger partial charge in [-0.05, 0) is 118 Å². The second-order valence-electron chi connectivity index (χ2n) is 10.1. The van der Waals surface area contributed by atoms with Crippen molar-refractivity contribution in [2.75, 3.05) is 33.4 Å². The molecule has 0 unspecified atom stereocenters. The second-order valence-corrected chi connectivity index (χ2v) is 10.1. The summed E-state index contributed by atoms with van der Waals surface area (Å²) in [7, 11) is 1.58. The zero-order valence-corrected chi connectivity index (χ0v) is 22.8. The van der Waals surface area contributed by atoms with Gasteiger partial charge in [0.25, 0.3) is 0 Å². The van der Waals surface area contributed by atoms with Gasteiger partial charge in [0.2, 0.25) is 0 Å². The first kappa shape index (κ1) is 30.3. The van der Waals surface area contributed by atoms with Crippen LogP contribution in [0, 0.1) is 17.6 Å². The topological polar surface area (TPSA) is 70.3 Å². The molecule has 1 aliphatic heterocycles. The molecule has 1 saturated heterocycles. The van der Waals surface area contributed by atoms with E-state index in [0.717, 1.165) is 62.9 Å². The second kappa shape index (κ2) is 14.8. The van der Waals surface area contributed by atoms with Crippen molar-refractivity contribution in [1.29, 1.82) is 0 Å². The molecule has 0 saturated carbocycles. The highest BCUT2D eigenvalue weighted by molar-refractivity contribution is 5.94. The number of benzene rings is 3. The Labute approximate surface area is 230 Å². The van der Waals surface area contributed by atoms with Crippen molar-refractivity contribution in [2.45, 2.75) is 44.9 Å². The van der Waals surface area contributed by atoms with Gasteiger partial charge >= 0.3 is 0 Å². The number of hydrogen-bond donors (Lipinski definition) is 0. The zero-order valence-electron chi connectivity index (χ0n) is 22.8. The van der Waals surface area contributed by atoms with Crippen LogP contribution in [0.2, 0.25) is 0 Å². The smallest absolute Gasteiger partial charge is 0.161 e. The van der Waals surface area contributed by atoms with Gasteiger partial charge in [-0.25, -0.2) is 8.78 Å². The molecular weight excluding hydrogens is 500 g/mol. The van der Waals surface area contributed by atoms with E-state index in [4.69, 9.17) is 9.47 Å². The summed E-state index contributed by atoms with van der Waals surface area (Å²) in [6.07, 6.45) is 5.23. The highest BCUT2D eigenvalue weighted by Gasteiger charge is 2.29. The highest BCUT2D eigenvalue weighted by atomic mass is 19.1. The summed E-state index contributed by atoms with van der Waals surface area (Å²) in [6.45, 7) is 5.25. The number of piperidine rings is 1. The molecule has 7 heteroatoms. The largest absolute Gasteiger partial charge is 0.493 e. The Kier molecular flexibility index (Phi) is 11.4. The third kappa shape index (κ3) is 8.35. The summed E-state index contributed by atoms with van der Waals surface area (Å²) < 4.78 is 38.4. The van der Waals surface area contributed by atoms with E-state index in [2.05, 4.69) is 4.90 Å². The Morgan fingerprint density at radius 2 is 1.46 bits per heavy atom. The molecule has 0 radical (unpaired) electrons. The van der Waals surface area contributed by atoms with Crippen molar-refractivity contribution in [1.82, 2.24) is 4.90 Å². The zero-order chi connectivity index (χ0) is 26.9. The van der Waals surface area contributed by atoms with Gasteiger partial charge in [-0.15, -0.1) is 0 Å². The molecule has 0 amide bonds. The van der Waals surface area contributed by atoms with Crippen LogP contribution in [0.1, 0.15) is 66.4 Å². The van der Waals surface area contributed by atoms with Crippen LogP contribution in [0.5, 0.6) is 11.5 Å². The fourth-order valence-electron chi connectivity index (χ4n) is 5.39. The van der Waals surface area contributed by atoms with Gasteiger partial charge in [0, 0.05) is 11.5 Å². The number of methoxy groups -OCH3 is 1. The predicted molar refractivity (Wildman–Crippen MR) is 150 cm³/mol. The van der Waals surface area contributed by atoms with Crippen molar-refractivity contribution >= 4 is 5.78 Å². The lowest BCUT2D eigenvalue weighted by Crippen LogP contribution is -2.36. The van der Waals surface area contributed by atoms with E-state index in [1.54, 1.807) is 25.3 Å². The van der Waals surface area contributed by atoms with E-state index >= 15 is 0 Å². The van der Waals surface area contributed by atoms with Crippen LogP contribution in [-0.4, -0.2) is 49.5 Å². The molecule has 39 heavy (non-hydrogen) atoms. The third-order valence-electron chi connectivity index (χ3n) is 7.51. The number of ketones is 1. The Morgan fingerprint density at radius 3 is 2.00 bits per heavy atom. The number of Topliss-reactive ketones (excluding diaryl/α,β-unsaturated/α-hetero) is 1. The molecule has 5 nitrogen and oxygen atoms in total. The Bertz CT molecular complexity index is 1130. The maximum Gasteiger partial charge on any atom is 0.161 e. The third-order valence-corrected chi connectivity index (χ3v) is 7.51. The first-order chi connectivity index (χ1) is 18.4. The average Bonchev–Trinajstić information content (AvgIpc) is 2.93. The average molecular weight is 540 g/mol. The number of unbranched alkanes of at least 4 members (excludes halogenated alkanes) is 2. The lowest BCUT2D eigenvalue weighted by molar-refractivity contribution is 0.101. The fraction of sp³-hybridized carbons (Fsp3) is 0.406. The van der Waals surface area contributed by atoms with Crippen LogP contribution < -0.4 is 9.47 Å². The van der Waals surface area contributed by atoms with Gasteiger partial charge < -0.3 is 19.8 Å². The molecular formula is C32H39F2NO4. The summed E-state index contributed by atoms with van der Waals surface area (Å²) in [5, 5.41) is 0. The van der Waals surface area contributed by atoms with Crippen molar-refractivity contribution in [2.24, 2.45) is 5.92 Å². The number of nitrogens with zero attached hydrogens (tertiary/aromatic N) is 1. The summed E-state index contributed by atoms with van der Waals surface area (Å²) in [5.41, 5.74) is 2.78. The standard InChI is InChI=1S/C32H37F2NO3.H2O/c1-23(36)27-10-15-30(31(22-27)37-2)38-21-5-3-4-18-35-19-16-26(17-20-35)32(24-6-11-28(33)12-7-24)25-8-13-29(34)14-9-25;/h6-15,22,26,32H,3-5,16-21H2,1-2H3;1H2. The van der Waals surface area contributed by atoms with Crippen LogP contribution in [0.4, 0.5) is 8.78 Å². The number of rotatable bonds is 12. The molecule has 0 bridgehead atoms. The number of likely N-dealkylation sites (tertiary alicyclic amines) is 1. The molecule has 0 aliphatic carbocycles. The summed E-state index contributed by atoms with van der Waals surface area (Å²) >= 11 is 0. The summed E-state index contributed by atoms with van der Waals surface area (Å²) in [5.74, 6) is 1.34. The van der Waals surface area contributed by atoms with Crippen LogP contribution in [-0.2, 0) is 0 Å². The van der Waals surface area contributed by atoms with Crippen LogP contribution >= 0.6 is 0 Å². The quantitative estimate of drug-likeness (QED) is 0.196. The van der Waals surface area contributed by atoms with Gasteiger partial charge in [0.05, 0.1) is 13.7 Å². The number of hydrogen-bond acceptors (Lipinski definition) is 4.